The number of anilines is 1. The van der Waals surface area contributed by atoms with E-state index in [-0.39, 0.29) is 6.54 Å². The molecule has 0 N–H and O–H groups in total. The average Bonchev–Trinajstić information content (AvgIpc) is 2.86. The number of aromatic nitrogens is 1. The molecule has 1 aliphatic heterocycles. The molecule has 1 aromatic rings. The maximum atomic E-state index is 10.8. The molecule has 17 heavy (non-hydrogen) atoms. The Morgan fingerprint density at radius 2 is 2.47 bits per heavy atom. The van der Waals surface area contributed by atoms with Gasteiger partial charge in [0.15, 0.2) is 0 Å². The Labute approximate surface area is 99.7 Å². The number of rotatable bonds is 3. The molecule has 1 amide bonds. The van der Waals surface area contributed by atoms with Crippen molar-refractivity contribution in [2.45, 2.75) is 6.42 Å². The molecule has 0 aromatic carbocycles. The van der Waals surface area contributed by atoms with Crippen molar-refractivity contribution in [2.75, 3.05) is 18.1 Å². The maximum absolute atomic E-state index is 10.8. The molecule has 0 bridgehead atoms. The molecule has 0 saturated carbocycles. The summed E-state index contributed by atoms with van der Waals surface area (Å²) in [4.78, 5) is 16.5. The molecule has 0 spiro atoms. The SMILES string of the molecule is C#CCN(C=O)C1=NN(c2ccccn2)CC1. The first-order chi connectivity index (χ1) is 8.35. The van der Waals surface area contributed by atoms with Crippen molar-refractivity contribution in [1.82, 2.24) is 9.88 Å². The van der Waals surface area contributed by atoms with Crippen molar-refractivity contribution >= 4 is 18.1 Å². The van der Waals surface area contributed by atoms with Crippen LogP contribution in [-0.2, 0) is 4.79 Å². The highest BCUT2D eigenvalue weighted by atomic mass is 16.1. The number of carbonyl (C=O) groups is 1. The molecule has 0 atom stereocenters. The van der Waals surface area contributed by atoms with Crippen molar-refractivity contribution in [1.29, 1.82) is 0 Å². The quantitative estimate of drug-likeness (QED) is 0.565. The third kappa shape index (κ3) is 2.42. The first kappa shape index (κ1) is 11.1. The molecule has 2 rings (SSSR count). The first-order valence-corrected chi connectivity index (χ1v) is 5.26. The molecule has 0 saturated heterocycles. The number of nitrogens with zero attached hydrogens (tertiary/aromatic N) is 4. The van der Waals surface area contributed by atoms with Gasteiger partial charge in [-0.05, 0) is 12.1 Å². The number of amidine groups is 1. The first-order valence-electron chi connectivity index (χ1n) is 5.26. The van der Waals surface area contributed by atoms with Crippen LogP contribution in [0.3, 0.4) is 0 Å². The second-order valence-corrected chi connectivity index (χ2v) is 3.51. The van der Waals surface area contributed by atoms with E-state index in [0.29, 0.717) is 25.2 Å². The van der Waals surface area contributed by atoms with Gasteiger partial charge < -0.3 is 0 Å². The molecular formula is C12H12N4O. The minimum Gasteiger partial charge on any atom is -0.290 e. The van der Waals surface area contributed by atoms with Crippen LogP contribution >= 0.6 is 0 Å². The summed E-state index contributed by atoms with van der Waals surface area (Å²) < 4.78 is 0. The van der Waals surface area contributed by atoms with Crippen LogP contribution < -0.4 is 5.01 Å². The fourth-order valence-electron chi connectivity index (χ4n) is 1.61. The predicted molar refractivity (Wildman–Crippen MR) is 65.2 cm³/mol. The Bertz CT molecular complexity index is 463. The lowest BCUT2D eigenvalue weighted by Crippen LogP contribution is -2.28. The fourth-order valence-corrected chi connectivity index (χ4v) is 1.61. The van der Waals surface area contributed by atoms with E-state index in [2.05, 4.69) is 16.0 Å². The van der Waals surface area contributed by atoms with Gasteiger partial charge in [-0.3, -0.25) is 9.69 Å². The minimum atomic E-state index is 0.248. The van der Waals surface area contributed by atoms with Crippen LogP contribution in [0.25, 0.3) is 0 Å². The molecule has 1 aromatic heterocycles. The Morgan fingerprint density at radius 3 is 3.12 bits per heavy atom. The van der Waals surface area contributed by atoms with Crippen LogP contribution in [0.1, 0.15) is 6.42 Å². The van der Waals surface area contributed by atoms with E-state index in [9.17, 15) is 4.79 Å². The van der Waals surface area contributed by atoms with Crippen LogP contribution in [0.4, 0.5) is 5.82 Å². The second kappa shape index (κ2) is 5.12. The number of carbonyl (C=O) groups excluding carboxylic acids is 1. The summed E-state index contributed by atoms with van der Waals surface area (Å²) >= 11 is 0. The molecular weight excluding hydrogens is 216 g/mol. The van der Waals surface area contributed by atoms with Crippen LogP contribution in [-0.4, -0.2) is 35.2 Å². The number of hydrazone groups is 1. The lowest BCUT2D eigenvalue weighted by atomic mass is 10.3. The zero-order valence-electron chi connectivity index (χ0n) is 9.28. The molecule has 0 radical (unpaired) electrons. The van der Waals surface area contributed by atoms with Crippen molar-refractivity contribution in [3.63, 3.8) is 0 Å². The molecule has 1 aliphatic rings. The van der Waals surface area contributed by atoms with Crippen molar-refractivity contribution in [2.24, 2.45) is 5.10 Å². The van der Waals surface area contributed by atoms with Crippen LogP contribution in [0.15, 0.2) is 29.5 Å². The average molecular weight is 228 g/mol. The second-order valence-electron chi connectivity index (χ2n) is 3.51. The summed E-state index contributed by atoms with van der Waals surface area (Å²) in [5.41, 5.74) is 0. The van der Waals surface area contributed by atoms with Crippen LogP contribution in [0, 0.1) is 12.3 Å². The zero-order valence-corrected chi connectivity index (χ0v) is 9.28. The molecule has 0 aliphatic carbocycles. The monoisotopic (exact) mass is 228 g/mol. The Hall–Kier alpha value is -2.35. The Morgan fingerprint density at radius 1 is 1.59 bits per heavy atom. The zero-order chi connectivity index (χ0) is 12.1. The van der Waals surface area contributed by atoms with Gasteiger partial charge in [-0.25, -0.2) is 9.99 Å². The van der Waals surface area contributed by atoms with Gasteiger partial charge in [0.25, 0.3) is 0 Å². The molecule has 5 nitrogen and oxygen atoms in total. The molecule has 86 valence electrons. The summed E-state index contributed by atoms with van der Waals surface area (Å²) in [5, 5.41) is 6.10. The van der Waals surface area contributed by atoms with Gasteiger partial charge in [0, 0.05) is 12.6 Å². The third-order valence-corrected chi connectivity index (χ3v) is 2.42. The van der Waals surface area contributed by atoms with E-state index < -0.39 is 0 Å². The molecule has 0 fully saturated rings. The standard InChI is InChI=1S/C12H12N4O/c1-2-8-15(10-17)12-6-9-16(14-12)11-5-3-4-7-13-11/h1,3-5,7,10H,6,8-9H2. The summed E-state index contributed by atoms with van der Waals surface area (Å²) in [5.74, 6) is 3.89. The van der Waals surface area contributed by atoms with E-state index >= 15 is 0 Å². The highest BCUT2D eigenvalue weighted by molar-refractivity contribution is 5.93. The van der Waals surface area contributed by atoms with Gasteiger partial charge in [-0.2, -0.15) is 5.10 Å². The smallest absolute Gasteiger partial charge is 0.215 e. The van der Waals surface area contributed by atoms with E-state index in [4.69, 9.17) is 6.42 Å². The van der Waals surface area contributed by atoms with Gasteiger partial charge in [-0.15, -0.1) is 6.42 Å². The lowest BCUT2D eigenvalue weighted by Gasteiger charge is -2.13. The normalized spacial score (nSPS) is 14.1. The van der Waals surface area contributed by atoms with Crippen molar-refractivity contribution in [3.8, 4) is 12.3 Å². The predicted octanol–water partition coefficient (Wildman–Crippen LogP) is 0.697. The number of terminal acetylenes is 1. The van der Waals surface area contributed by atoms with Gasteiger partial charge in [0.1, 0.15) is 11.7 Å². The van der Waals surface area contributed by atoms with E-state index in [1.165, 1.54) is 4.90 Å². The van der Waals surface area contributed by atoms with Crippen molar-refractivity contribution in [3.05, 3.63) is 24.4 Å². The van der Waals surface area contributed by atoms with Gasteiger partial charge in [-0.1, -0.05) is 12.0 Å². The summed E-state index contributed by atoms with van der Waals surface area (Å²) in [6.45, 7) is 0.958. The highest BCUT2D eigenvalue weighted by Crippen LogP contribution is 2.16. The largest absolute Gasteiger partial charge is 0.290 e. The summed E-state index contributed by atoms with van der Waals surface area (Å²) in [6, 6.07) is 5.62. The Balaban J connectivity index is 2.14. The number of hydrogen-bond acceptors (Lipinski definition) is 4. The lowest BCUT2D eigenvalue weighted by molar-refractivity contribution is -0.114. The molecule has 2 heterocycles. The van der Waals surface area contributed by atoms with Crippen molar-refractivity contribution < 1.29 is 4.79 Å². The van der Waals surface area contributed by atoms with Crippen LogP contribution in [0.2, 0.25) is 0 Å². The number of amides is 1. The molecule has 0 unspecified atom stereocenters. The number of hydrogen-bond donors (Lipinski definition) is 0. The van der Waals surface area contributed by atoms with E-state index in [1.807, 2.05) is 18.2 Å². The third-order valence-electron chi connectivity index (χ3n) is 2.42. The maximum Gasteiger partial charge on any atom is 0.215 e. The molecule has 5 heteroatoms. The van der Waals surface area contributed by atoms with Crippen LogP contribution in [0.5, 0.6) is 0 Å². The van der Waals surface area contributed by atoms with E-state index in [0.717, 1.165) is 5.82 Å². The van der Waals surface area contributed by atoms with E-state index in [1.54, 1.807) is 11.2 Å². The van der Waals surface area contributed by atoms with Gasteiger partial charge >= 0.3 is 0 Å². The van der Waals surface area contributed by atoms with Gasteiger partial charge in [0.05, 0.1) is 13.1 Å². The fraction of sp³-hybridized carbons (Fsp3) is 0.250. The topological polar surface area (TPSA) is 48.8 Å². The summed E-state index contributed by atoms with van der Waals surface area (Å²) in [6.07, 6.45) is 8.30. The summed E-state index contributed by atoms with van der Waals surface area (Å²) in [7, 11) is 0. The highest BCUT2D eigenvalue weighted by Gasteiger charge is 2.20. The van der Waals surface area contributed by atoms with Gasteiger partial charge in [0.2, 0.25) is 6.41 Å². The minimum absolute atomic E-state index is 0.248. The number of pyridine rings is 1. The Kier molecular flexibility index (Phi) is 3.36.